The molecule has 118 valence electrons. The molecule has 2 nitrogen and oxygen atoms in total. The Hall–Kier alpha value is -0.930. The fourth-order valence-corrected chi connectivity index (χ4v) is 3.05. The highest BCUT2D eigenvalue weighted by Crippen LogP contribution is 2.21. The van der Waals surface area contributed by atoms with Crippen LogP contribution in [-0.2, 0) is 11.2 Å². The molecule has 2 atom stereocenters. The lowest BCUT2D eigenvalue weighted by atomic mass is 9.93. The lowest BCUT2D eigenvalue weighted by molar-refractivity contribution is 0.0979. The molecule has 1 N–H and O–H groups in total. The van der Waals surface area contributed by atoms with Gasteiger partial charge in [-0.05, 0) is 75.2 Å². The Morgan fingerprint density at radius 3 is 3.05 bits per heavy atom. The molecule has 0 spiro atoms. The molecule has 21 heavy (non-hydrogen) atoms. The summed E-state index contributed by atoms with van der Waals surface area (Å²) in [6.45, 7) is 5.17. The first-order chi connectivity index (χ1) is 10.3. The van der Waals surface area contributed by atoms with E-state index >= 15 is 0 Å². The fourth-order valence-electron chi connectivity index (χ4n) is 3.05. The Kier molecular flexibility index (Phi) is 7.17. The first-order valence-corrected chi connectivity index (χ1v) is 8.34. The predicted octanol–water partition coefficient (Wildman–Crippen LogP) is 3.94. The van der Waals surface area contributed by atoms with Gasteiger partial charge in [-0.25, -0.2) is 4.39 Å². The Morgan fingerprint density at radius 1 is 1.43 bits per heavy atom. The number of benzene rings is 1. The van der Waals surface area contributed by atoms with Crippen molar-refractivity contribution >= 4 is 0 Å². The van der Waals surface area contributed by atoms with Crippen LogP contribution in [0.2, 0.25) is 0 Å². The third-order valence-corrected chi connectivity index (χ3v) is 4.19. The van der Waals surface area contributed by atoms with E-state index in [4.69, 9.17) is 4.74 Å². The van der Waals surface area contributed by atoms with Gasteiger partial charge in [0.2, 0.25) is 0 Å². The van der Waals surface area contributed by atoms with Gasteiger partial charge in [0.1, 0.15) is 5.82 Å². The molecule has 1 aliphatic heterocycles. The Bertz CT molecular complexity index is 404. The molecule has 1 aromatic rings. The fraction of sp³-hybridized carbons (Fsp3) is 0.667. The summed E-state index contributed by atoms with van der Waals surface area (Å²) in [5, 5.41) is 3.51. The normalized spacial score (nSPS) is 19.8. The van der Waals surface area contributed by atoms with E-state index in [1.54, 1.807) is 12.1 Å². The average molecular weight is 293 g/mol. The quantitative estimate of drug-likeness (QED) is 0.696. The molecule has 0 aliphatic carbocycles. The van der Waals surface area contributed by atoms with E-state index in [-0.39, 0.29) is 5.82 Å². The summed E-state index contributed by atoms with van der Waals surface area (Å²) >= 11 is 0. The minimum absolute atomic E-state index is 0.133. The van der Waals surface area contributed by atoms with E-state index in [2.05, 4.69) is 12.2 Å². The maximum Gasteiger partial charge on any atom is 0.123 e. The van der Waals surface area contributed by atoms with Crippen LogP contribution in [0.25, 0.3) is 0 Å². The van der Waals surface area contributed by atoms with E-state index in [0.717, 1.165) is 50.9 Å². The molecular formula is C18H28FNO. The summed E-state index contributed by atoms with van der Waals surface area (Å²) in [5.41, 5.74) is 1.10. The maximum atomic E-state index is 13.3. The van der Waals surface area contributed by atoms with Crippen molar-refractivity contribution in [2.45, 2.75) is 51.6 Å². The second-order valence-corrected chi connectivity index (χ2v) is 6.12. The van der Waals surface area contributed by atoms with Gasteiger partial charge in [0.25, 0.3) is 0 Å². The number of hydrogen-bond acceptors (Lipinski definition) is 2. The van der Waals surface area contributed by atoms with Crippen LogP contribution in [0.1, 0.15) is 44.6 Å². The minimum atomic E-state index is -0.133. The van der Waals surface area contributed by atoms with Gasteiger partial charge >= 0.3 is 0 Å². The van der Waals surface area contributed by atoms with Crippen LogP contribution in [0, 0.1) is 11.7 Å². The maximum absolute atomic E-state index is 13.3. The molecule has 0 amide bonds. The van der Waals surface area contributed by atoms with E-state index < -0.39 is 0 Å². The SMILES string of the molecule is CCCNCC(CCC1CCCO1)Cc1cccc(F)c1. The molecule has 1 aliphatic rings. The highest BCUT2D eigenvalue weighted by molar-refractivity contribution is 5.16. The molecular weight excluding hydrogens is 265 g/mol. The van der Waals surface area contributed by atoms with Crippen molar-refractivity contribution in [3.8, 4) is 0 Å². The van der Waals surface area contributed by atoms with Gasteiger partial charge < -0.3 is 10.1 Å². The smallest absolute Gasteiger partial charge is 0.123 e. The van der Waals surface area contributed by atoms with E-state index in [9.17, 15) is 4.39 Å². The molecule has 0 radical (unpaired) electrons. The largest absolute Gasteiger partial charge is 0.378 e. The van der Waals surface area contributed by atoms with Crippen molar-refractivity contribution in [2.75, 3.05) is 19.7 Å². The summed E-state index contributed by atoms with van der Waals surface area (Å²) in [4.78, 5) is 0. The monoisotopic (exact) mass is 293 g/mol. The van der Waals surface area contributed by atoms with Gasteiger partial charge in [0.05, 0.1) is 6.10 Å². The zero-order valence-corrected chi connectivity index (χ0v) is 13.1. The average Bonchev–Trinajstić information content (AvgIpc) is 2.98. The van der Waals surface area contributed by atoms with Crippen molar-refractivity contribution in [1.82, 2.24) is 5.32 Å². The summed E-state index contributed by atoms with van der Waals surface area (Å²) in [5.74, 6) is 0.425. The molecule has 0 aromatic heterocycles. The highest BCUT2D eigenvalue weighted by atomic mass is 19.1. The molecule has 3 heteroatoms. The van der Waals surface area contributed by atoms with Crippen LogP contribution in [0.4, 0.5) is 4.39 Å². The number of halogens is 1. The van der Waals surface area contributed by atoms with Crippen LogP contribution in [0.3, 0.4) is 0 Å². The van der Waals surface area contributed by atoms with Gasteiger partial charge in [-0.15, -0.1) is 0 Å². The molecule has 0 saturated carbocycles. The molecule has 2 rings (SSSR count). The number of hydrogen-bond donors (Lipinski definition) is 1. The Balaban J connectivity index is 1.84. The number of rotatable bonds is 9. The minimum Gasteiger partial charge on any atom is -0.378 e. The number of nitrogens with one attached hydrogen (secondary N) is 1. The van der Waals surface area contributed by atoms with Crippen LogP contribution in [0.5, 0.6) is 0 Å². The van der Waals surface area contributed by atoms with Crippen molar-refractivity contribution in [2.24, 2.45) is 5.92 Å². The molecule has 0 bridgehead atoms. The molecule has 1 fully saturated rings. The van der Waals surface area contributed by atoms with Gasteiger partial charge in [-0.2, -0.15) is 0 Å². The van der Waals surface area contributed by atoms with E-state index in [1.165, 1.54) is 18.9 Å². The van der Waals surface area contributed by atoms with Crippen molar-refractivity contribution in [3.63, 3.8) is 0 Å². The third kappa shape index (κ3) is 6.15. The summed E-state index contributed by atoms with van der Waals surface area (Å²) in [7, 11) is 0. The topological polar surface area (TPSA) is 21.3 Å². The van der Waals surface area contributed by atoms with Crippen molar-refractivity contribution < 1.29 is 9.13 Å². The van der Waals surface area contributed by atoms with Crippen molar-refractivity contribution in [3.05, 3.63) is 35.6 Å². The lowest BCUT2D eigenvalue weighted by Crippen LogP contribution is -2.26. The number of ether oxygens (including phenoxy) is 1. The predicted molar refractivity (Wildman–Crippen MR) is 85.0 cm³/mol. The highest BCUT2D eigenvalue weighted by Gasteiger charge is 2.18. The van der Waals surface area contributed by atoms with Crippen LogP contribution in [-0.4, -0.2) is 25.8 Å². The molecule has 2 unspecified atom stereocenters. The molecule has 1 aromatic carbocycles. The van der Waals surface area contributed by atoms with Crippen LogP contribution in [0.15, 0.2) is 24.3 Å². The van der Waals surface area contributed by atoms with E-state index in [0.29, 0.717) is 12.0 Å². The summed E-state index contributed by atoms with van der Waals surface area (Å²) in [6.07, 6.45) is 7.24. The molecule has 1 heterocycles. The standard InChI is InChI=1S/C18H28FNO/c1-2-10-20-14-16(8-9-18-7-4-11-21-18)12-15-5-3-6-17(19)13-15/h3,5-6,13,16,18,20H,2,4,7-12,14H2,1H3. The van der Waals surface area contributed by atoms with Gasteiger partial charge in [-0.3, -0.25) is 0 Å². The van der Waals surface area contributed by atoms with Gasteiger partial charge in [-0.1, -0.05) is 19.1 Å². The van der Waals surface area contributed by atoms with Crippen LogP contribution < -0.4 is 5.32 Å². The summed E-state index contributed by atoms with van der Waals surface area (Å²) in [6, 6.07) is 7.02. The van der Waals surface area contributed by atoms with Gasteiger partial charge in [0, 0.05) is 6.61 Å². The third-order valence-electron chi connectivity index (χ3n) is 4.19. The van der Waals surface area contributed by atoms with Crippen LogP contribution >= 0.6 is 0 Å². The first kappa shape index (κ1) is 16.4. The van der Waals surface area contributed by atoms with Gasteiger partial charge in [0.15, 0.2) is 0 Å². The first-order valence-electron chi connectivity index (χ1n) is 8.34. The Morgan fingerprint density at radius 2 is 2.33 bits per heavy atom. The summed E-state index contributed by atoms with van der Waals surface area (Å²) < 4.78 is 19.0. The van der Waals surface area contributed by atoms with E-state index in [1.807, 2.05) is 6.07 Å². The zero-order chi connectivity index (χ0) is 14.9. The lowest BCUT2D eigenvalue weighted by Gasteiger charge is -2.19. The second-order valence-electron chi connectivity index (χ2n) is 6.12. The van der Waals surface area contributed by atoms with Crippen molar-refractivity contribution in [1.29, 1.82) is 0 Å². The zero-order valence-electron chi connectivity index (χ0n) is 13.1. The molecule has 1 saturated heterocycles. The second kappa shape index (κ2) is 9.16. The Labute approximate surface area is 128 Å².